The zero-order valence-corrected chi connectivity index (χ0v) is 16.3. The van der Waals surface area contributed by atoms with E-state index in [0.29, 0.717) is 12.1 Å². The fourth-order valence-electron chi connectivity index (χ4n) is 2.91. The zero-order valence-electron chi connectivity index (χ0n) is 15.5. The van der Waals surface area contributed by atoms with Gasteiger partial charge in [0.1, 0.15) is 5.82 Å². The van der Waals surface area contributed by atoms with E-state index in [1.807, 2.05) is 0 Å². The summed E-state index contributed by atoms with van der Waals surface area (Å²) in [5.41, 5.74) is -0.857. The number of alkyl halides is 3. The predicted octanol–water partition coefficient (Wildman–Crippen LogP) is 5.39. The van der Waals surface area contributed by atoms with Gasteiger partial charge < -0.3 is 4.52 Å². The summed E-state index contributed by atoms with van der Waals surface area (Å²) in [5.74, 6) is -0.834. The lowest BCUT2D eigenvalue weighted by molar-refractivity contribution is -0.137. The molecular weight excluding hydrogens is 436 g/mol. The van der Waals surface area contributed by atoms with E-state index in [9.17, 15) is 26.0 Å². The van der Waals surface area contributed by atoms with Crippen LogP contribution >= 0.6 is 0 Å². The molecule has 0 atom stereocenters. The molecule has 0 saturated carbocycles. The molecule has 1 aromatic heterocycles. The van der Waals surface area contributed by atoms with Gasteiger partial charge in [0.05, 0.1) is 26.5 Å². The van der Waals surface area contributed by atoms with Crippen molar-refractivity contribution in [2.75, 3.05) is 0 Å². The lowest BCUT2D eigenvalue weighted by Crippen LogP contribution is -2.07. The monoisotopic (exact) mass is 448 g/mol. The van der Waals surface area contributed by atoms with Gasteiger partial charge in [-0.1, -0.05) is 29.4 Å². The van der Waals surface area contributed by atoms with Crippen molar-refractivity contribution in [2.45, 2.75) is 16.0 Å². The summed E-state index contributed by atoms with van der Waals surface area (Å²) < 4.78 is 83.7. The molecule has 0 saturated heterocycles. The van der Waals surface area contributed by atoms with Gasteiger partial charge in [0.2, 0.25) is 15.7 Å². The Hall–Kier alpha value is -3.53. The number of halogens is 4. The van der Waals surface area contributed by atoms with Crippen LogP contribution in [0.3, 0.4) is 0 Å². The molecule has 0 N–H and O–H groups in total. The SMILES string of the molecule is O=S(=O)(c1ccc(C(F)(F)F)cc1)c1ccccc1-c1nc(-c2ccccc2F)no1. The number of hydrogen-bond donors (Lipinski definition) is 0. The Labute approximate surface area is 173 Å². The maximum atomic E-state index is 14.0. The molecule has 0 aliphatic carbocycles. The Bertz CT molecular complexity index is 1350. The first-order chi connectivity index (χ1) is 14.7. The third-order valence-corrected chi connectivity index (χ3v) is 6.27. The molecule has 0 amide bonds. The molecule has 0 aliphatic heterocycles. The number of hydrogen-bond acceptors (Lipinski definition) is 5. The molecule has 31 heavy (non-hydrogen) atoms. The molecule has 158 valence electrons. The lowest BCUT2D eigenvalue weighted by atomic mass is 10.2. The predicted molar refractivity (Wildman–Crippen MR) is 102 cm³/mol. The Morgan fingerprint density at radius 1 is 0.806 bits per heavy atom. The second-order valence-corrected chi connectivity index (χ2v) is 8.34. The van der Waals surface area contributed by atoms with Gasteiger partial charge >= 0.3 is 6.18 Å². The second-order valence-electron chi connectivity index (χ2n) is 6.42. The van der Waals surface area contributed by atoms with Gasteiger partial charge in [-0.3, -0.25) is 0 Å². The summed E-state index contributed by atoms with van der Waals surface area (Å²) in [6, 6.07) is 14.6. The van der Waals surface area contributed by atoms with Crippen LogP contribution in [0.2, 0.25) is 0 Å². The fraction of sp³-hybridized carbons (Fsp3) is 0.0476. The van der Waals surface area contributed by atoms with Crippen LogP contribution in [0.5, 0.6) is 0 Å². The molecule has 0 unspecified atom stereocenters. The Morgan fingerprint density at radius 2 is 1.42 bits per heavy atom. The van der Waals surface area contributed by atoms with Crippen LogP contribution < -0.4 is 0 Å². The van der Waals surface area contributed by atoms with E-state index >= 15 is 0 Å². The van der Waals surface area contributed by atoms with Gasteiger partial charge in [-0.05, 0) is 48.5 Å². The minimum Gasteiger partial charge on any atom is -0.334 e. The highest BCUT2D eigenvalue weighted by Crippen LogP contribution is 2.34. The summed E-state index contributed by atoms with van der Waals surface area (Å²) in [4.78, 5) is 3.53. The van der Waals surface area contributed by atoms with E-state index in [-0.39, 0.29) is 32.6 Å². The molecule has 0 aliphatic rings. The van der Waals surface area contributed by atoms with Gasteiger partial charge in [0.25, 0.3) is 5.89 Å². The normalized spacial score (nSPS) is 12.1. The molecule has 0 spiro atoms. The molecule has 4 aromatic rings. The summed E-state index contributed by atoms with van der Waals surface area (Å²) in [5, 5.41) is 3.71. The van der Waals surface area contributed by atoms with Crippen LogP contribution in [0.25, 0.3) is 22.8 Å². The summed E-state index contributed by atoms with van der Waals surface area (Å²) in [7, 11) is -4.21. The van der Waals surface area contributed by atoms with Crippen LogP contribution in [0.15, 0.2) is 87.1 Å². The van der Waals surface area contributed by atoms with E-state index in [1.165, 1.54) is 42.5 Å². The molecule has 0 fully saturated rings. The van der Waals surface area contributed by atoms with E-state index in [2.05, 4.69) is 10.1 Å². The maximum absolute atomic E-state index is 14.0. The molecule has 5 nitrogen and oxygen atoms in total. The smallest absolute Gasteiger partial charge is 0.334 e. The van der Waals surface area contributed by atoms with E-state index in [0.717, 1.165) is 12.1 Å². The Kier molecular flexibility index (Phi) is 5.10. The number of aromatic nitrogens is 2. The van der Waals surface area contributed by atoms with Gasteiger partial charge in [-0.15, -0.1) is 0 Å². The van der Waals surface area contributed by atoms with E-state index < -0.39 is 27.4 Å². The molecule has 10 heteroatoms. The van der Waals surface area contributed by atoms with Crippen molar-refractivity contribution in [1.29, 1.82) is 0 Å². The highest BCUT2D eigenvalue weighted by atomic mass is 32.2. The van der Waals surface area contributed by atoms with Crippen molar-refractivity contribution in [3.63, 3.8) is 0 Å². The van der Waals surface area contributed by atoms with Crippen LogP contribution in [0.1, 0.15) is 5.56 Å². The lowest BCUT2D eigenvalue weighted by Gasteiger charge is -2.10. The first-order valence-corrected chi connectivity index (χ1v) is 10.3. The molecule has 1 heterocycles. The van der Waals surface area contributed by atoms with Crippen molar-refractivity contribution >= 4 is 9.84 Å². The number of nitrogens with zero attached hydrogens (tertiary/aromatic N) is 2. The Morgan fingerprint density at radius 3 is 2.06 bits per heavy atom. The van der Waals surface area contributed by atoms with E-state index in [4.69, 9.17) is 4.52 Å². The molecule has 3 aromatic carbocycles. The summed E-state index contributed by atoms with van der Waals surface area (Å²) in [6.07, 6.45) is -4.59. The third-order valence-electron chi connectivity index (χ3n) is 4.44. The van der Waals surface area contributed by atoms with Crippen LogP contribution in [0.4, 0.5) is 17.6 Å². The standard InChI is InChI=1S/C21H12F4N2O3S/c22-17-7-3-1-5-15(17)19-26-20(30-27-19)16-6-2-4-8-18(16)31(28,29)14-11-9-13(10-12-14)21(23,24)25/h1-12H. The third kappa shape index (κ3) is 3.93. The van der Waals surface area contributed by atoms with Gasteiger partial charge in [0, 0.05) is 0 Å². The summed E-state index contributed by atoms with van der Waals surface area (Å²) in [6.45, 7) is 0. The topological polar surface area (TPSA) is 73.1 Å². The van der Waals surface area contributed by atoms with Crippen LogP contribution in [0, 0.1) is 5.82 Å². The maximum Gasteiger partial charge on any atom is 0.416 e. The number of benzene rings is 3. The Balaban J connectivity index is 1.77. The molecule has 4 rings (SSSR count). The van der Waals surface area contributed by atoms with Crippen LogP contribution in [-0.4, -0.2) is 18.6 Å². The average Bonchev–Trinajstić information content (AvgIpc) is 3.23. The summed E-state index contributed by atoms with van der Waals surface area (Å²) >= 11 is 0. The largest absolute Gasteiger partial charge is 0.416 e. The van der Waals surface area contributed by atoms with Crippen molar-refractivity contribution in [2.24, 2.45) is 0 Å². The van der Waals surface area contributed by atoms with E-state index in [1.54, 1.807) is 6.07 Å². The molecular formula is C21H12F4N2O3S. The first kappa shape index (κ1) is 20.7. The number of rotatable bonds is 4. The second kappa shape index (κ2) is 7.62. The highest BCUT2D eigenvalue weighted by molar-refractivity contribution is 7.91. The molecule has 0 radical (unpaired) electrons. The minimum atomic E-state index is -4.59. The minimum absolute atomic E-state index is 0.0393. The molecule has 0 bridgehead atoms. The van der Waals surface area contributed by atoms with Crippen molar-refractivity contribution in [3.05, 3.63) is 84.2 Å². The van der Waals surface area contributed by atoms with Gasteiger partial charge in [-0.25, -0.2) is 12.8 Å². The quantitative estimate of drug-likeness (QED) is 0.391. The van der Waals surface area contributed by atoms with Gasteiger partial charge in [-0.2, -0.15) is 18.2 Å². The fourth-order valence-corrected chi connectivity index (χ4v) is 4.36. The average molecular weight is 448 g/mol. The highest BCUT2D eigenvalue weighted by Gasteiger charge is 2.31. The van der Waals surface area contributed by atoms with Crippen molar-refractivity contribution in [3.8, 4) is 22.8 Å². The number of sulfone groups is 1. The zero-order chi connectivity index (χ0) is 22.2. The van der Waals surface area contributed by atoms with Gasteiger partial charge in [0.15, 0.2) is 0 Å². The van der Waals surface area contributed by atoms with Crippen molar-refractivity contribution < 1.29 is 30.5 Å². The van der Waals surface area contributed by atoms with Crippen LogP contribution in [-0.2, 0) is 16.0 Å². The van der Waals surface area contributed by atoms with Crippen molar-refractivity contribution in [1.82, 2.24) is 10.1 Å². The first-order valence-electron chi connectivity index (χ1n) is 8.78.